The minimum Gasteiger partial charge on any atom is -0.507 e. The van der Waals surface area contributed by atoms with E-state index in [1.807, 2.05) is 0 Å². The number of phenolic OH excluding ortho intramolecular Hbond substituents is 2. The van der Waals surface area contributed by atoms with Gasteiger partial charge in [-0.05, 0) is 41.8 Å². The Balaban J connectivity index is 2.28. The molecule has 2 N–H and O–H groups in total. The highest BCUT2D eigenvalue weighted by atomic mass is 16.5. The maximum absolute atomic E-state index is 10.8. The Morgan fingerprint density at radius 3 is 2.32 bits per heavy atom. The van der Waals surface area contributed by atoms with Crippen molar-refractivity contribution in [1.82, 2.24) is 0 Å². The molecule has 0 fully saturated rings. The van der Waals surface area contributed by atoms with Crippen LogP contribution in [0.1, 0.15) is 21.5 Å². The highest BCUT2D eigenvalue weighted by molar-refractivity contribution is 5.79. The summed E-state index contributed by atoms with van der Waals surface area (Å²) >= 11 is 0. The number of methoxy groups -OCH3 is 1. The standard InChI is InChI=1S/C15H14O4/c1-19-15-8-11(3-5-14(15)18)6-10-2-4-13(17)12(7-10)9-16/h2-5,7-9,17-18H,6H2,1H3. The SMILES string of the molecule is COc1cc(Cc2ccc(O)c(C=O)c2)ccc1O. The lowest BCUT2D eigenvalue weighted by atomic mass is 10.0. The number of rotatable bonds is 4. The van der Waals surface area contributed by atoms with Crippen molar-refractivity contribution in [2.45, 2.75) is 6.42 Å². The molecule has 0 saturated heterocycles. The molecule has 4 heteroatoms. The Morgan fingerprint density at radius 1 is 1.05 bits per heavy atom. The fourth-order valence-corrected chi connectivity index (χ4v) is 1.88. The number of hydrogen-bond donors (Lipinski definition) is 2. The summed E-state index contributed by atoms with van der Waals surface area (Å²) in [6, 6.07) is 9.98. The van der Waals surface area contributed by atoms with Gasteiger partial charge < -0.3 is 14.9 Å². The molecule has 19 heavy (non-hydrogen) atoms. The van der Waals surface area contributed by atoms with Crippen molar-refractivity contribution in [1.29, 1.82) is 0 Å². The molecule has 0 saturated carbocycles. The summed E-state index contributed by atoms with van der Waals surface area (Å²) < 4.78 is 5.04. The van der Waals surface area contributed by atoms with Crippen LogP contribution >= 0.6 is 0 Å². The largest absolute Gasteiger partial charge is 0.507 e. The molecular formula is C15H14O4. The van der Waals surface area contributed by atoms with Crippen molar-refractivity contribution in [2.75, 3.05) is 7.11 Å². The van der Waals surface area contributed by atoms with E-state index in [1.165, 1.54) is 13.2 Å². The summed E-state index contributed by atoms with van der Waals surface area (Å²) in [5, 5.41) is 19.0. The molecule has 0 aliphatic carbocycles. The third-order valence-electron chi connectivity index (χ3n) is 2.87. The molecule has 2 aromatic carbocycles. The lowest BCUT2D eigenvalue weighted by Gasteiger charge is -2.07. The van der Waals surface area contributed by atoms with Gasteiger partial charge in [0.2, 0.25) is 0 Å². The van der Waals surface area contributed by atoms with Crippen molar-refractivity contribution in [2.24, 2.45) is 0 Å². The summed E-state index contributed by atoms with van der Waals surface area (Å²) in [4.78, 5) is 10.8. The Hall–Kier alpha value is -2.49. The van der Waals surface area contributed by atoms with Crippen LogP contribution in [0.3, 0.4) is 0 Å². The molecule has 2 rings (SSSR count). The van der Waals surface area contributed by atoms with Crippen molar-refractivity contribution < 1.29 is 19.7 Å². The molecule has 0 heterocycles. The van der Waals surface area contributed by atoms with Crippen LogP contribution < -0.4 is 4.74 Å². The second kappa shape index (κ2) is 5.44. The van der Waals surface area contributed by atoms with E-state index in [4.69, 9.17) is 4.74 Å². The first-order valence-electron chi connectivity index (χ1n) is 5.77. The van der Waals surface area contributed by atoms with Crippen LogP contribution in [0.2, 0.25) is 0 Å². The van der Waals surface area contributed by atoms with E-state index in [-0.39, 0.29) is 17.1 Å². The van der Waals surface area contributed by atoms with Gasteiger partial charge in [-0.25, -0.2) is 0 Å². The number of carbonyl (C=O) groups excluding carboxylic acids is 1. The third kappa shape index (κ3) is 2.85. The van der Waals surface area contributed by atoms with E-state index < -0.39 is 0 Å². The van der Waals surface area contributed by atoms with Gasteiger partial charge in [-0.15, -0.1) is 0 Å². The van der Waals surface area contributed by atoms with Crippen molar-refractivity contribution >= 4 is 6.29 Å². The summed E-state index contributed by atoms with van der Waals surface area (Å²) in [6.07, 6.45) is 1.20. The Bertz CT molecular complexity index is 605. The van der Waals surface area contributed by atoms with Crippen LogP contribution in [0.5, 0.6) is 17.2 Å². The molecule has 0 aromatic heterocycles. The van der Waals surface area contributed by atoms with Crippen LogP contribution in [0.25, 0.3) is 0 Å². The molecule has 0 bridgehead atoms. The Labute approximate surface area is 110 Å². The molecule has 98 valence electrons. The predicted octanol–water partition coefficient (Wildman–Crippen LogP) is 2.51. The number of aldehydes is 1. The van der Waals surface area contributed by atoms with Gasteiger partial charge in [-0.3, -0.25) is 4.79 Å². The summed E-state index contributed by atoms with van der Waals surface area (Å²) in [6.45, 7) is 0. The molecule has 0 aliphatic heterocycles. The van der Waals surface area contributed by atoms with Gasteiger partial charge in [0, 0.05) is 0 Å². The van der Waals surface area contributed by atoms with Crippen molar-refractivity contribution in [3.63, 3.8) is 0 Å². The van der Waals surface area contributed by atoms with Crippen molar-refractivity contribution in [3.05, 3.63) is 53.1 Å². The fourth-order valence-electron chi connectivity index (χ4n) is 1.88. The van der Waals surface area contributed by atoms with E-state index in [0.29, 0.717) is 18.5 Å². The first-order chi connectivity index (χ1) is 9.13. The minimum atomic E-state index is -0.0259. The summed E-state index contributed by atoms with van der Waals surface area (Å²) in [5.74, 6) is 0.472. The zero-order valence-electron chi connectivity index (χ0n) is 10.5. The molecule has 0 radical (unpaired) electrons. The summed E-state index contributed by atoms with van der Waals surface area (Å²) in [5.41, 5.74) is 2.10. The maximum atomic E-state index is 10.8. The number of phenols is 2. The highest BCUT2D eigenvalue weighted by Gasteiger charge is 2.06. The number of ether oxygens (including phenoxy) is 1. The fraction of sp³-hybridized carbons (Fsp3) is 0.133. The van der Waals surface area contributed by atoms with Gasteiger partial charge in [0.25, 0.3) is 0 Å². The number of aromatic hydroxyl groups is 2. The van der Waals surface area contributed by atoms with Gasteiger partial charge in [0.15, 0.2) is 17.8 Å². The van der Waals surface area contributed by atoms with Gasteiger partial charge in [0.1, 0.15) is 5.75 Å². The average Bonchev–Trinajstić information content (AvgIpc) is 2.43. The molecule has 0 unspecified atom stereocenters. The third-order valence-corrected chi connectivity index (χ3v) is 2.87. The average molecular weight is 258 g/mol. The second-order valence-electron chi connectivity index (χ2n) is 4.19. The lowest BCUT2D eigenvalue weighted by Crippen LogP contribution is -1.92. The maximum Gasteiger partial charge on any atom is 0.160 e. The summed E-state index contributed by atoms with van der Waals surface area (Å²) in [7, 11) is 1.49. The highest BCUT2D eigenvalue weighted by Crippen LogP contribution is 2.27. The molecule has 0 aliphatic rings. The van der Waals surface area contributed by atoms with Crippen LogP contribution in [-0.4, -0.2) is 23.6 Å². The number of carbonyl (C=O) groups is 1. The zero-order valence-corrected chi connectivity index (χ0v) is 10.5. The number of benzene rings is 2. The van der Waals surface area contributed by atoms with E-state index in [9.17, 15) is 15.0 Å². The monoisotopic (exact) mass is 258 g/mol. The molecule has 0 spiro atoms. The molecule has 4 nitrogen and oxygen atoms in total. The smallest absolute Gasteiger partial charge is 0.160 e. The quantitative estimate of drug-likeness (QED) is 0.827. The molecule has 0 amide bonds. The lowest BCUT2D eigenvalue weighted by molar-refractivity contribution is 0.112. The van der Waals surface area contributed by atoms with E-state index in [0.717, 1.165) is 11.1 Å². The molecule has 2 aromatic rings. The van der Waals surface area contributed by atoms with Crippen LogP contribution in [0.15, 0.2) is 36.4 Å². The van der Waals surface area contributed by atoms with Crippen LogP contribution in [0.4, 0.5) is 0 Å². The van der Waals surface area contributed by atoms with Gasteiger partial charge in [0.05, 0.1) is 12.7 Å². The Morgan fingerprint density at radius 2 is 1.68 bits per heavy atom. The topological polar surface area (TPSA) is 66.8 Å². The predicted molar refractivity (Wildman–Crippen MR) is 71.0 cm³/mol. The van der Waals surface area contributed by atoms with Gasteiger partial charge in [-0.1, -0.05) is 12.1 Å². The minimum absolute atomic E-state index is 0.0259. The normalized spacial score (nSPS) is 10.2. The number of hydrogen-bond acceptors (Lipinski definition) is 4. The van der Waals surface area contributed by atoms with E-state index >= 15 is 0 Å². The van der Waals surface area contributed by atoms with E-state index in [2.05, 4.69) is 0 Å². The van der Waals surface area contributed by atoms with Crippen LogP contribution in [-0.2, 0) is 6.42 Å². The molecular weight excluding hydrogens is 244 g/mol. The van der Waals surface area contributed by atoms with E-state index in [1.54, 1.807) is 30.3 Å². The Kier molecular flexibility index (Phi) is 3.71. The molecule has 0 atom stereocenters. The van der Waals surface area contributed by atoms with Gasteiger partial charge in [-0.2, -0.15) is 0 Å². The first-order valence-corrected chi connectivity index (χ1v) is 5.77. The van der Waals surface area contributed by atoms with Crippen LogP contribution in [0, 0.1) is 0 Å². The zero-order chi connectivity index (χ0) is 13.8. The van der Waals surface area contributed by atoms with Gasteiger partial charge >= 0.3 is 0 Å². The van der Waals surface area contributed by atoms with Crippen molar-refractivity contribution in [3.8, 4) is 17.2 Å². The first kappa shape index (κ1) is 13.0. The second-order valence-corrected chi connectivity index (χ2v) is 4.19.